The Morgan fingerprint density at radius 3 is 1.18 bits per heavy atom. The maximum atomic E-state index is 12.5. The summed E-state index contributed by atoms with van der Waals surface area (Å²) in [4.78, 5) is 37.6. The summed E-state index contributed by atoms with van der Waals surface area (Å²) in [5, 5.41) is 30.7. The van der Waals surface area contributed by atoms with Crippen molar-refractivity contribution in [2.75, 3.05) is 6.54 Å². The molecule has 0 aromatic carbocycles. The third kappa shape index (κ3) is 12.8. The lowest BCUT2D eigenvalue weighted by Crippen LogP contribution is -2.72. The van der Waals surface area contributed by atoms with Crippen LogP contribution in [0.1, 0.15) is 143 Å². The predicted molar refractivity (Wildman–Crippen MR) is 154 cm³/mol. The number of aliphatic carboxylic acids is 3. The minimum absolute atomic E-state index is 0.100. The number of nitrogens with zero attached hydrogens (tertiary/aromatic N) is 1. The first kappa shape index (κ1) is 36.1. The zero-order valence-electron chi connectivity index (χ0n) is 24.8. The minimum Gasteiger partial charge on any atom is -0.477 e. The quantitative estimate of drug-likeness (QED) is 0.0586. The highest BCUT2D eigenvalue weighted by Crippen LogP contribution is 2.33. The normalized spacial score (nSPS) is 15.7. The molecular formula is C31H58NO6+. The Balaban J connectivity index is 5.45. The lowest BCUT2D eigenvalue weighted by atomic mass is 9.92. The van der Waals surface area contributed by atoms with Crippen molar-refractivity contribution in [3.63, 3.8) is 0 Å². The molecule has 0 aromatic heterocycles. The molecule has 3 N–H and O–H groups in total. The van der Waals surface area contributed by atoms with Crippen LogP contribution in [0.4, 0.5) is 0 Å². The Bertz CT molecular complexity index is 617. The van der Waals surface area contributed by atoms with Crippen LogP contribution in [-0.2, 0) is 14.4 Å². The summed E-state index contributed by atoms with van der Waals surface area (Å²) >= 11 is 0. The third-order valence-corrected chi connectivity index (χ3v) is 7.84. The Labute approximate surface area is 232 Å². The van der Waals surface area contributed by atoms with Gasteiger partial charge in [0, 0.05) is 19.3 Å². The molecule has 7 nitrogen and oxygen atoms in total. The molecule has 3 atom stereocenters. The molecule has 0 rings (SSSR count). The number of hydrogen-bond donors (Lipinski definition) is 3. The summed E-state index contributed by atoms with van der Waals surface area (Å²) in [5.74, 6) is -3.35. The van der Waals surface area contributed by atoms with Gasteiger partial charge in [0.05, 0.1) is 6.54 Å². The zero-order valence-corrected chi connectivity index (χ0v) is 24.8. The van der Waals surface area contributed by atoms with Gasteiger partial charge in [-0.05, 0) is 38.2 Å². The van der Waals surface area contributed by atoms with Crippen molar-refractivity contribution in [1.82, 2.24) is 0 Å². The zero-order chi connectivity index (χ0) is 28.8. The topological polar surface area (TPSA) is 112 Å². The summed E-state index contributed by atoms with van der Waals surface area (Å²) in [6.45, 7) is 7.92. The van der Waals surface area contributed by atoms with E-state index in [9.17, 15) is 29.7 Å². The SMILES string of the molecule is CCCCCCCCCCCCC/C=C/C[N+](C(CCC)C(=O)O)(C(CCC)C(=O)O)C(CCC)C(=O)O. The van der Waals surface area contributed by atoms with Crippen LogP contribution in [0.15, 0.2) is 12.2 Å². The number of hydrogen-bond acceptors (Lipinski definition) is 3. The van der Waals surface area contributed by atoms with Crippen molar-refractivity contribution < 1.29 is 34.2 Å². The molecule has 0 spiro atoms. The molecule has 0 aromatic rings. The van der Waals surface area contributed by atoms with Gasteiger partial charge in [0.2, 0.25) is 0 Å². The fourth-order valence-corrected chi connectivity index (χ4v) is 5.86. The molecule has 0 heterocycles. The first-order valence-electron chi connectivity index (χ1n) is 15.4. The maximum absolute atomic E-state index is 12.5. The molecule has 0 aliphatic carbocycles. The van der Waals surface area contributed by atoms with Crippen molar-refractivity contribution in [2.24, 2.45) is 0 Å². The van der Waals surface area contributed by atoms with E-state index in [-0.39, 0.29) is 25.8 Å². The van der Waals surface area contributed by atoms with Gasteiger partial charge in [-0.25, -0.2) is 14.4 Å². The Hall–Kier alpha value is -1.89. The van der Waals surface area contributed by atoms with Crippen LogP contribution >= 0.6 is 0 Å². The van der Waals surface area contributed by atoms with Gasteiger partial charge >= 0.3 is 17.9 Å². The van der Waals surface area contributed by atoms with Crippen molar-refractivity contribution >= 4 is 17.9 Å². The molecule has 7 heteroatoms. The first-order valence-corrected chi connectivity index (χ1v) is 15.4. The average Bonchev–Trinajstić information content (AvgIpc) is 2.87. The predicted octanol–water partition coefficient (Wildman–Crippen LogP) is 7.82. The van der Waals surface area contributed by atoms with Gasteiger partial charge in [-0.15, -0.1) is 0 Å². The Morgan fingerprint density at radius 1 is 0.526 bits per heavy atom. The lowest BCUT2D eigenvalue weighted by Gasteiger charge is -2.49. The number of carbonyl (C=O) groups is 3. The molecule has 38 heavy (non-hydrogen) atoms. The second kappa shape index (κ2) is 22.0. The van der Waals surface area contributed by atoms with Crippen LogP contribution in [0.25, 0.3) is 0 Å². The largest absolute Gasteiger partial charge is 0.477 e. The van der Waals surface area contributed by atoms with Crippen LogP contribution < -0.4 is 0 Å². The number of carboxylic acid groups (broad SMARTS) is 3. The van der Waals surface area contributed by atoms with Gasteiger partial charge in [-0.3, -0.25) is 4.48 Å². The van der Waals surface area contributed by atoms with Crippen molar-refractivity contribution in [1.29, 1.82) is 0 Å². The second-order valence-electron chi connectivity index (χ2n) is 10.9. The average molecular weight is 541 g/mol. The molecule has 0 saturated carbocycles. The maximum Gasteiger partial charge on any atom is 0.362 e. The molecule has 0 amide bonds. The van der Waals surface area contributed by atoms with Gasteiger partial charge in [0.15, 0.2) is 18.1 Å². The molecule has 0 aliphatic heterocycles. The van der Waals surface area contributed by atoms with E-state index >= 15 is 0 Å². The summed E-state index contributed by atoms with van der Waals surface area (Å²) in [5.41, 5.74) is 0. The van der Waals surface area contributed by atoms with E-state index in [0.29, 0.717) is 19.3 Å². The summed E-state index contributed by atoms with van der Waals surface area (Å²) in [7, 11) is 0. The number of unbranched alkanes of at least 4 members (excludes halogenated alkanes) is 11. The van der Waals surface area contributed by atoms with Crippen LogP contribution in [0, 0.1) is 0 Å². The van der Waals surface area contributed by atoms with E-state index in [1.54, 1.807) is 0 Å². The van der Waals surface area contributed by atoms with Crippen LogP contribution in [-0.4, -0.2) is 62.4 Å². The van der Waals surface area contributed by atoms with Crippen LogP contribution in [0.2, 0.25) is 0 Å². The first-order chi connectivity index (χ1) is 18.2. The molecule has 0 radical (unpaired) electrons. The molecule has 0 aliphatic rings. The molecular weight excluding hydrogens is 482 g/mol. The highest BCUT2D eigenvalue weighted by Gasteiger charge is 2.56. The van der Waals surface area contributed by atoms with Gasteiger partial charge in [0.25, 0.3) is 0 Å². The monoisotopic (exact) mass is 540 g/mol. The summed E-state index contributed by atoms with van der Waals surface area (Å²) in [6.07, 6.45) is 20.9. The van der Waals surface area contributed by atoms with E-state index in [1.807, 2.05) is 32.9 Å². The molecule has 0 bridgehead atoms. The van der Waals surface area contributed by atoms with E-state index in [1.165, 1.54) is 57.8 Å². The van der Waals surface area contributed by atoms with Crippen LogP contribution in [0.3, 0.4) is 0 Å². The van der Waals surface area contributed by atoms with E-state index in [2.05, 4.69) is 6.92 Å². The molecule has 3 unspecified atom stereocenters. The molecule has 0 fully saturated rings. The number of quaternary nitrogens is 1. The van der Waals surface area contributed by atoms with E-state index in [4.69, 9.17) is 0 Å². The number of rotatable bonds is 26. The number of carboxylic acids is 3. The molecule has 222 valence electrons. The number of allylic oxidation sites excluding steroid dienone is 1. The van der Waals surface area contributed by atoms with Gasteiger partial charge < -0.3 is 15.3 Å². The van der Waals surface area contributed by atoms with Crippen molar-refractivity contribution in [3.8, 4) is 0 Å². The summed E-state index contributed by atoms with van der Waals surface area (Å²) in [6, 6.07) is -3.27. The highest BCUT2D eigenvalue weighted by atomic mass is 16.4. The Morgan fingerprint density at radius 2 is 0.868 bits per heavy atom. The van der Waals surface area contributed by atoms with E-state index < -0.39 is 40.5 Å². The standard InChI is InChI=1S/C31H57NO6/c1-5-9-10-11-12-13-14-15-16-17-18-19-20-21-25-32(26(22-6-2)29(33)34,27(23-7-3)30(35)36)28(24-8-4)31(37)38/h20-21,26-28H,5-19,22-25H2,1-4H3,(H2-,33,34,35,36,37,38)/p+1/b21-20+. The molecule has 0 saturated heterocycles. The van der Waals surface area contributed by atoms with Gasteiger partial charge in [0.1, 0.15) is 0 Å². The lowest BCUT2D eigenvalue weighted by molar-refractivity contribution is -0.968. The minimum atomic E-state index is -1.12. The van der Waals surface area contributed by atoms with Gasteiger partial charge in [-0.2, -0.15) is 0 Å². The van der Waals surface area contributed by atoms with Crippen molar-refractivity contribution in [3.05, 3.63) is 12.2 Å². The van der Waals surface area contributed by atoms with Crippen LogP contribution in [0.5, 0.6) is 0 Å². The van der Waals surface area contributed by atoms with E-state index in [0.717, 1.165) is 19.3 Å². The third-order valence-electron chi connectivity index (χ3n) is 7.84. The fourth-order valence-electron chi connectivity index (χ4n) is 5.86. The smallest absolute Gasteiger partial charge is 0.362 e. The fraction of sp³-hybridized carbons (Fsp3) is 0.839. The highest BCUT2D eigenvalue weighted by molar-refractivity contribution is 5.78. The summed E-state index contributed by atoms with van der Waals surface area (Å²) < 4.78 is -0.454. The second-order valence-corrected chi connectivity index (χ2v) is 10.9. The van der Waals surface area contributed by atoms with Gasteiger partial charge in [-0.1, -0.05) is 98.0 Å². The Kier molecular flexibility index (Phi) is 20.9. The van der Waals surface area contributed by atoms with Crippen molar-refractivity contribution in [2.45, 2.75) is 161 Å².